The Hall–Kier alpha value is -4.08. The van der Waals surface area contributed by atoms with Crippen LogP contribution in [0.2, 0.25) is 0 Å². The van der Waals surface area contributed by atoms with Crippen LogP contribution in [-0.4, -0.2) is 54.5 Å². The average molecular weight is 464 g/mol. The van der Waals surface area contributed by atoms with Crippen molar-refractivity contribution in [2.24, 2.45) is 0 Å². The highest BCUT2D eigenvalue weighted by molar-refractivity contribution is 6.12. The molecular weight excluding hydrogens is 440 g/mol. The van der Waals surface area contributed by atoms with Gasteiger partial charge in [-0.3, -0.25) is 19.3 Å². The molecule has 2 atom stereocenters. The molecule has 0 spiro atoms. The van der Waals surface area contributed by atoms with Crippen LogP contribution in [0.15, 0.2) is 42.5 Å². The number of ether oxygens (including phenoxy) is 2. The van der Waals surface area contributed by atoms with Crippen molar-refractivity contribution < 1.29 is 28.7 Å². The van der Waals surface area contributed by atoms with Crippen molar-refractivity contribution in [3.05, 3.63) is 48.0 Å². The Balaban J connectivity index is 1.41. The van der Waals surface area contributed by atoms with Gasteiger partial charge in [0.05, 0.1) is 11.4 Å². The van der Waals surface area contributed by atoms with E-state index in [1.807, 2.05) is 0 Å². The molecule has 1 saturated heterocycles. The fraction of sp³-hybridized carbons (Fsp3) is 0.333. The smallest absolute Gasteiger partial charge is 0.325 e. The highest BCUT2D eigenvalue weighted by Gasteiger charge is 2.50. The maximum atomic E-state index is 13.4. The third kappa shape index (κ3) is 3.51. The Bertz CT molecular complexity index is 1210. The molecule has 1 fully saturated rings. The molecule has 0 saturated carbocycles. The normalized spacial score (nSPS) is 23.7. The van der Waals surface area contributed by atoms with E-state index in [0.717, 1.165) is 4.90 Å². The van der Waals surface area contributed by atoms with Gasteiger partial charge in [0, 0.05) is 12.5 Å². The quantitative estimate of drug-likeness (QED) is 0.671. The Morgan fingerprint density at radius 1 is 1.09 bits per heavy atom. The van der Waals surface area contributed by atoms with E-state index in [1.54, 1.807) is 56.3 Å². The van der Waals surface area contributed by atoms with Gasteiger partial charge < -0.3 is 25.0 Å². The number of imide groups is 1. The van der Waals surface area contributed by atoms with Gasteiger partial charge in [0.1, 0.15) is 25.3 Å². The number of amides is 5. The van der Waals surface area contributed by atoms with E-state index in [9.17, 15) is 19.2 Å². The van der Waals surface area contributed by atoms with E-state index in [-0.39, 0.29) is 12.3 Å². The second-order valence-corrected chi connectivity index (χ2v) is 8.69. The number of rotatable bonds is 3. The van der Waals surface area contributed by atoms with E-state index in [0.29, 0.717) is 41.7 Å². The molecule has 0 radical (unpaired) electrons. The molecule has 5 amide bonds. The maximum absolute atomic E-state index is 13.4. The lowest BCUT2D eigenvalue weighted by Gasteiger charge is -2.29. The van der Waals surface area contributed by atoms with Crippen LogP contribution in [0.5, 0.6) is 11.5 Å². The number of nitrogens with one attached hydrogen (secondary N) is 2. The predicted molar refractivity (Wildman–Crippen MR) is 122 cm³/mol. The number of carbonyl (C=O) groups excluding carboxylic acids is 4. The number of para-hydroxylation sites is 2. The van der Waals surface area contributed by atoms with Crippen LogP contribution in [0.25, 0.3) is 0 Å². The lowest BCUT2D eigenvalue weighted by Crippen LogP contribution is -2.47. The van der Waals surface area contributed by atoms with Gasteiger partial charge in [-0.15, -0.1) is 0 Å². The number of fused-ring (bicyclic) bond motifs is 2. The van der Waals surface area contributed by atoms with Crippen LogP contribution in [0.4, 0.5) is 16.2 Å². The first kappa shape index (κ1) is 21.7. The molecule has 0 aromatic heterocycles. The van der Waals surface area contributed by atoms with Crippen molar-refractivity contribution in [3.8, 4) is 11.5 Å². The fourth-order valence-corrected chi connectivity index (χ4v) is 4.57. The van der Waals surface area contributed by atoms with Crippen molar-refractivity contribution in [3.63, 3.8) is 0 Å². The summed E-state index contributed by atoms with van der Waals surface area (Å²) in [5.41, 5.74) is 0.178. The zero-order valence-corrected chi connectivity index (χ0v) is 18.8. The molecule has 10 nitrogen and oxygen atoms in total. The fourth-order valence-electron chi connectivity index (χ4n) is 4.57. The number of nitrogens with zero attached hydrogens (tertiary/aromatic N) is 2. The molecule has 34 heavy (non-hydrogen) atoms. The van der Waals surface area contributed by atoms with Gasteiger partial charge in [-0.25, -0.2) is 4.79 Å². The van der Waals surface area contributed by atoms with E-state index < -0.39 is 36.0 Å². The van der Waals surface area contributed by atoms with Crippen molar-refractivity contribution in [1.29, 1.82) is 0 Å². The summed E-state index contributed by atoms with van der Waals surface area (Å²) in [5, 5.41) is 5.51. The number of urea groups is 1. The molecule has 0 unspecified atom stereocenters. The van der Waals surface area contributed by atoms with Crippen LogP contribution in [-0.2, 0) is 19.9 Å². The minimum atomic E-state index is -1.37. The molecule has 2 aromatic rings. The third-order valence-corrected chi connectivity index (χ3v) is 6.32. The number of carbonyl (C=O) groups is 4. The maximum Gasteiger partial charge on any atom is 0.325 e. The minimum Gasteiger partial charge on any atom is -0.486 e. The molecule has 2 aromatic carbocycles. The summed E-state index contributed by atoms with van der Waals surface area (Å²) in [6.45, 7) is 3.72. The van der Waals surface area contributed by atoms with Crippen molar-refractivity contribution in [1.82, 2.24) is 10.2 Å². The molecule has 3 aliphatic heterocycles. The zero-order valence-electron chi connectivity index (χ0n) is 18.8. The summed E-state index contributed by atoms with van der Waals surface area (Å²) < 4.78 is 11.1. The SMILES string of the molecule is C[C@H]1CC(=O)Nc2ccccc2N1C(=O)CN1C(=O)N[C@@](C)(c2ccc3c(c2)OCCO3)C1=O. The topological polar surface area (TPSA) is 117 Å². The zero-order chi connectivity index (χ0) is 24.0. The monoisotopic (exact) mass is 464 g/mol. The highest BCUT2D eigenvalue weighted by atomic mass is 16.6. The van der Waals surface area contributed by atoms with Gasteiger partial charge in [-0.1, -0.05) is 18.2 Å². The lowest BCUT2D eigenvalue weighted by atomic mass is 9.91. The Morgan fingerprint density at radius 3 is 2.62 bits per heavy atom. The lowest BCUT2D eigenvalue weighted by molar-refractivity contribution is -0.134. The first-order valence-corrected chi connectivity index (χ1v) is 11.0. The molecule has 0 bridgehead atoms. The summed E-state index contributed by atoms with van der Waals surface area (Å²) in [7, 11) is 0. The van der Waals surface area contributed by atoms with Gasteiger partial charge in [-0.2, -0.15) is 0 Å². The molecule has 2 N–H and O–H groups in total. The van der Waals surface area contributed by atoms with E-state index >= 15 is 0 Å². The van der Waals surface area contributed by atoms with Gasteiger partial charge in [0.2, 0.25) is 11.8 Å². The van der Waals surface area contributed by atoms with Crippen LogP contribution in [0.3, 0.4) is 0 Å². The molecule has 3 heterocycles. The van der Waals surface area contributed by atoms with Gasteiger partial charge >= 0.3 is 6.03 Å². The van der Waals surface area contributed by atoms with Crippen molar-refractivity contribution in [2.45, 2.75) is 31.8 Å². The molecule has 10 heteroatoms. The highest BCUT2D eigenvalue weighted by Crippen LogP contribution is 2.37. The van der Waals surface area contributed by atoms with Crippen LogP contribution >= 0.6 is 0 Å². The Labute approximate surface area is 195 Å². The number of hydrogen-bond donors (Lipinski definition) is 2. The molecule has 5 rings (SSSR count). The van der Waals surface area contributed by atoms with E-state index in [4.69, 9.17) is 9.47 Å². The molecular formula is C24H24N4O6. The minimum absolute atomic E-state index is 0.0927. The van der Waals surface area contributed by atoms with Crippen molar-refractivity contribution in [2.75, 3.05) is 30.0 Å². The van der Waals surface area contributed by atoms with Crippen molar-refractivity contribution >= 4 is 35.1 Å². The second-order valence-electron chi connectivity index (χ2n) is 8.69. The Kier molecular flexibility index (Phi) is 5.15. The van der Waals surface area contributed by atoms with Gasteiger partial charge in [-0.05, 0) is 43.7 Å². The Morgan fingerprint density at radius 2 is 1.82 bits per heavy atom. The first-order chi connectivity index (χ1) is 16.3. The largest absolute Gasteiger partial charge is 0.486 e. The standard InChI is InChI=1S/C24H24N4O6/c1-14-11-20(29)25-16-5-3-4-6-17(16)28(14)21(30)13-27-22(31)24(2,26-23(27)32)15-7-8-18-19(12-15)34-10-9-33-18/h3-8,12,14H,9-11,13H2,1-2H3,(H,25,29)(H,26,32)/t14-,24-/m0/s1. The summed E-state index contributed by atoms with van der Waals surface area (Å²) in [5.74, 6) is -0.164. The van der Waals surface area contributed by atoms with Gasteiger partial charge in [0.25, 0.3) is 5.91 Å². The van der Waals surface area contributed by atoms with Crippen LogP contribution in [0, 0.1) is 0 Å². The summed E-state index contributed by atoms with van der Waals surface area (Å²) in [4.78, 5) is 54.2. The molecule has 3 aliphatic rings. The second kappa shape index (κ2) is 8.05. The number of hydrogen-bond acceptors (Lipinski definition) is 6. The average Bonchev–Trinajstić information content (AvgIpc) is 2.95. The van der Waals surface area contributed by atoms with Crippen LogP contribution in [0.1, 0.15) is 25.8 Å². The van der Waals surface area contributed by atoms with E-state index in [1.165, 1.54) is 4.90 Å². The van der Waals surface area contributed by atoms with E-state index in [2.05, 4.69) is 10.6 Å². The first-order valence-electron chi connectivity index (χ1n) is 11.0. The number of benzene rings is 2. The summed E-state index contributed by atoms with van der Waals surface area (Å²) in [6.07, 6.45) is 0.0927. The third-order valence-electron chi connectivity index (χ3n) is 6.32. The van der Waals surface area contributed by atoms with Gasteiger partial charge in [0.15, 0.2) is 11.5 Å². The number of anilines is 2. The summed E-state index contributed by atoms with van der Waals surface area (Å²) in [6, 6.07) is 10.9. The summed E-state index contributed by atoms with van der Waals surface area (Å²) >= 11 is 0. The predicted octanol–water partition coefficient (Wildman–Crippen LogP) is 1.99. The molecule has 0 aliphatic carbocycles. The van der Waals surface area contributed by atoms with Crippen LogP contribution < -0.4 is 25.0 Å². The molecule has 176 valence electrons.